The molecule has 182 valence electrons. The van der Waals surface area contributed by atoms with Gasteiger partial charge in [-0.05, 0) is 97.3 Å². The van der Waals surface area contributed by atoms with Gasteiger partial charge in [-0.25, -0.2) is 4.79 Å². The number of benzene rings is 3. The number of para-hydroxylation sites is 2. The first-order valence-electron chi connectivity index (χ1n) is 11.2. The van der Waals surface area contributed by atoms with Crippen LogP contribution in [0.3, 0.4) is 0 Å². The number of aryl methyl sites for hydroxylation is 1. The number of hydrogen-bond donors (Lipinski definition) is 4. The molecule has 0 fully saturated rings. The molecule has 3 rings (SSSR count). The monoisotopic (exact) mass is 585 g/mol. The summed E-state index contributed by atoms with van der Waals surface area (Å²) in [5.41, 5.74) is 9.15. The van der Waals surface area contributed by atoms with Crippen molar-refractivity contribution >= 4 is 51.7 Å². The van der Waals surface area contributed by atoms with E-state index in [1.807, 2.05) is 19.1 Å². The molecule has 0 aliphatic heterocycles. The Morgan fingerprint density at radius 3 is 2.57 bits per heavy atom. The van der Waals surface area contributed by atoms with Crippen molar-refractivity contribution in [3.05, 3.63) is 93.6 Å². The highest BCUT2D eigenvalue weighted by atomic mass is 127. The Labute approximate surface area is 218 Å². The van der Waals surface area contributed by atoms with E-state index in [1.165, 1.54) is 6.08 Å². The van der Waals surface area contributed by atoms with Crippen LogP contribution in [0.25, 0.3) is 0 Å². The third-order valence-electron chi connectivity index (χ3n) is 5.21. The Balaban J connectivity index is 1.59. The number of allylic oxidation sites excluding steroid dienone is 1. The Bertz CT molecular complexity index is 1200. The Kier molecular flexibility index (Phi) is 9.54. The number of nitrogen functional groups attached to an aromatic ring is 1. The molecule has 2 amide bonds. The van der Waals surface area contributed by atoms with Crippen molar-refractivity contribution in [3.63, 3.8) is 0 Å². The van der Waals surface area contributed by atoms with Gasteiger partial charge in [-0.3, -0.25) is 10.1 Å². The molecule has 0 aromatic heterocycles. The number of anilines is 3. The summed E-state index contributed by atoms with van der Waals surface area (Å²) in [4.78, 5) is 24.7. The summed E-state index contributed by atoms with van der Waals surface area (Å²) in [5, 5.41) is 15.9. The van der Waals surface area contributed by atoms with E-state index in [0.29, 0.717) is 41.9 Å². The van der Waals surface area contributed by atoms with Gasteiger partial charge in [0.05, 0.1) is 11.4 Å². The third kappa shape index (κ3) is 8.32. The van der Waals surface area contributed by atoms with E-state index in [2.05, 4.69) is 33.2 Å². The second-order valence-electron chi connectivity index (χ2n) is 8.00. The molecule has 0 heterocycles. The van der Waals surface area contributed by atoms with E-state index in [1.54, 1.807) is 60.7 Å². The van der Waals surface area contributed by atoms with E-state index in [4.69, 9.17) is 10.5 Å². The Hall–Kier alpha value is -3.53. The summed E-state index contributed by atoms with van der Waals surface area (Å²) in [7, 11) is 0. The van der Waals surface area contributed by atoms with Gasteiger partial charge < -0.3 is 20.9 Å². The minimum absolute atomic E-state index is 0.0638. The number of ether oxygens (including phenoxy) is 1. The molecular weight excluding hydrogens is 557 g/mol. The van der Waals surface area contributed by atoms with Crippen LogP contribution < -0.4 is 16.4 Å². The van der Waals surface area contributed by atoms with Crippen LogP contribution in [-0.2, 0) is 9.53 Å². The van der Waals surface area contributed by atoms with Crippen molar-refractivity contribution in [2.24, 2.45) is 0 Å². The first-order chi connectivity index (χ1) is 16.8. The summed E-state index contributed by atoms with van der Waals surface area (Å²) < 4.78 is 6.61. The maximum atomic E-state index is 12.6. The van der Waals surface area contributed by atoms with Crippen LogP contribution in [0.4, 0.5) is 21.9 Å². The number of carbonyl (C=O) groups excluding carboxylic acids is 2. The lowest BCUT2D eigenvalue weighted by atomic mass is 10.0. The third-order valence-corrected chi connectivity index (χ3v) is 5.88. The molecule has 0 bridgehead atoms. The Morgan fingerprint density at radius 1 is 1.09 bits per heavy atom. The van der Waals surface area contributed by atoms with Crippen molar-refractivity contribution in [1.29, 1.82) is 0 Å². The van der Waals surface area contributed by atoms with Gasteiger partial charge in [0.1, 0.15) is 11.9 Å². The van der Waals surface area contributed by atoms with Crippen LogP contribution >= 0.6 is 22.6 Å². The molecule has 7 nitrogen and oxygen atoms in total. The number of rotatable bonds is 9. The first-order valence-corrected chi connectivity index (χ1v) is 12.2. The summed E-state index contributed by atoms with van der Waals surface area (Å²) in [6, 6.07) is 19.6. The molecule has 0 unspecified atom stereocenters. The van der Waals surface area contributed by atoms with Crippen molar-refractivity contribution in [2.45, 2.75) is 32.3 Å². The molecule has 3 aromatic carbocycles. The summed E-state index contributed by atoms with van der Waals surface area (Å²) >= 11 is 2.15. The molecule has 0 saturated carbocycles. The molecule has 0 saturated heterocycles. The largest absolute Gasteiger partial charge is 0.508 e. The van der Waals surface area contributed by atoms with Crippen LogP contribution in [0.15, 0.2) is 78.9 Å². The highest BCUT2D eigenvalue weighted by Gasteiger charge is 2.20. The SMILES string of the molecule is Cc1ccc(NC(=O)O[C@H](CCC/C=C/C(=O)Nc2ccccc2N)c2cc(I)ccc2O)cc1. The van der Waals surface area contributed by atoms with Crippen molar-refractivity contribution in [2.75, 3.05) is 16.4 Å². The summed E-state index contributed by atoms with van der Waals surface area (Å²) in [6.45, 7) is 1.97. The highest BCUT2D eigenvalue weighted by Crippen LogP contribution is 2.32. The molecule has 0 spiro atoms. The van der Waals surface area contributed by atoms with Crippen molar-refractivity contribution in [3.8, 4) is 5.75 Å². The molecular formula is C27H28IN3O4. The number of aromatic hydroxyl groups is 1. The lowest BCUT2D eigenvalue weighted by molar-refractivity contribution is -0.111. The smallest absolute Gasteiger partial charge is 0.412 e. The topological polar surface area (TPSA) is 114 Å². The van der Waals surface area contributed by atoms with Gasteiger partial charge in [-0.15, -0.1) is 0 Å². The number of phenols is 1. The number of nitrogens with one attached hydrogen (secondary N) is 2. The number of phenolic OH excluding ortho intramolecular Hbond substituents is 1. The van der Waals surface area contributed by atoms with Crippen LogP contribution in [0.5, 0.6) is 5.75 Å². The van der Waals surface area contributed by atoms with Crippen LogP contribution in [0.1, 0.15) is 36.5 Å². The zero-order valence-electron chi connectivity index (χ0n) is 19.3. The number of nitrogens with two attached hydrogens (primary N) is 1. The van der Waals surface area contributed by atoms with Crippen molar-refractivity contribution in [1.82, 2.24) is 0 Å². The highest BCUT2D eigenvalue weighted by molar-refractivity contribution is 14.1. The molecule has 35 heavy (non-hydrogen) atoms. The summed E-state index contributed by atoms with van der Waals surface area (Å²) in [5.74, 6) is -0.211. The standard InChI is InChI=1S/C27H28IN3O4/c1-18-11-14-20(15-12-18)30-27(34)35-25(21-17-19(28)13-16-24(21)32)9-3-2-4-10-26(33)31-23-8-6-5-7-22(23)29/h4-8,10-17,25,32H,2-3,9,29H2,1H3,(H,30,34)(H,31,33)/b10-4+/t25-/m1/s1. The molecule has 3 aromatic rings. The van der Waals surface area contributed by atoms with Gasteiger partial charge >= 0.3 is 6.09 Å². The molecule has 0 aliphatic carbocycles. The molecule has 5 N–H and O–H groups in total. The second-order valence-corrected chi connectivity index (χ2v) is 9.24. The minimum atomic E-state index is -0.651. The van der Waals surface area contributed by atoms with E-state index in [0.717, 1.165) is 9.13 Å². The average Bonchev–Trinajstić information content (AvgIpc) is 2.82. The van der Waals surface area contributed by atoms with Crippen LogP contribution in [0, 0.1) is 10.5 Å². The second kappa shape index (κ2) is 12.8. The molecule has 1 atom stereocenters. The fraction of sp³-hybridized carbons (Fsp3) is 0.185. The van der Waals surface area contributed by atoms with Gasteiger partial charge in [0, 0.05) is 14.8 Å². The Morgan fingerprint density at radius 2 is 1.83 bits per heavy atom. The zero-order valence-corrected chi connectivity index (χ0v) is 21.5. The average molecular weight is 585 g/mol. The van der Waals surface area contributed by atoms with Crippen LogP contribution in [-0.4, -0.2) is 17.1 Å². The van der Waals surface area contributed by atoms with E-state index in [9.17, 15) is 14.7 Å². The molecule has 0 radical (unpaired) electrons. The first kappa shape index (κ1) is 26.1. The number of carbonyl (C=O) groups is 2. The fourth-order valence-corrected chi connectivity index (χ4v) is 3.89. The maximum absolute atomic E-state index is 12.6. The minimum Gasteiger partial charge on any atom is -0.508 e. The van der Waals surface area contributed by atoms with Gasteiger partial charge in [0.25, 0.3) is 0 Å². The quantitative estimate of drug-likeness (QED) is 0.0986. The van der Waals surface area contributed by atoms with Crippen molar-refractivity contribution < 1.29 is 19.4 Å². The van der Waals surface area contributed by atoms with Gasteiger partial charge in [0.15, 0.2) is 0 Å². The van der Waals surface area contributed by atoms with Gasteiger partial charge in [-0.2, -0.15) is 0 Å². The predicted molar refractivity (Wildman–Crippen MR) is 147 cm³/mol. The normalized spacial score (nSPS) is 11.7. The van der Waals surface area contributed by atoms with E-state index >= 15 is 0 Å². The maximum Gasteiger partial charge on any atom is 0.412 e. The number of unbranched alkanes of at least 4 members (excludes halogenated alkanes) is 1. The number of hydrogen-bond acceptors (Lipinski definition) is 5. The summed E-state index contributed by atoms with van der Waals surface area (Å²) in [6.07, 6.45) is 3.63. The lowest BCUT2D eigenvalue weighted by Gasteiger charge is -2.20. The van der Waals surface area contributed by atoms with Gasteiger partial charge in [-0.1, -0.05) is 35.9 Å². The number of amides is 2. The molecule has 8 heteroatoms. The molecule has 0 aliphatic rings. The number of halogens is 1. The van der Waals surface area contributed by atoms with E-state index in [-0.39, 0.29) is 11.7 Å². The zero-order chi connectivity index (χ0) is 25.2. The van der Waals surface area contributed by atoms with Crippen LogP contribution in [0.2, 0.25) is 0 Å². The lowest BCUT2D eigenvalue weighted by Crippen LogP contribution is -2.18. The van der Waals surface area contributed by atoms with E-state index < -0.39 is 12.2 Å². The fourth-order valence-electron chi connectivity index (χ4n) is 3.37. The van der Waals surface area contributed by atoms with Gasteiger partial charge in [0.2, 0.25) is 5.91 Å². The predicted octanol–water partition coefficient (Wildman–Crippen LogP) is 6.54.